The number of likely N-dealkylation sites (N-methyl/N-ethyl adjacent to an activating group) is 1. The van der Waals surface area contributed by atoms with E-state index in [-0.39, 0.29) is 16.7 Å². The van der Waals surface area contributed by atoms with Crippen molar-refractivity contribution in [3.8, 4) is 0 Å². The topological polar surface area (TPSA) is 60.9 Å². The van der Waals surface area contributed by atoms with E-state index in [2.05, 4.69) is 39.5 Å². The standard InChI is InChI=1S/C28H35ClN2O3/c1-7-30(8-2)15-16-31-24(19-10-13-21(29)14-11-19)23(26(33)27(31)34)25(32)22-17-20(28(4,5)6)12-9-18(22)3/h9-14,17,24,32H,7-8,15-16H2,1-6H3/b25-23+. The van der Waals surface area contributed by atoms with Crippen LogP contribution in [0, 0.1) is 6.92 Å². The van der Waals surface area contributed by atoms with Crippen molar-refractivity contribution >= 4 is 29.1 Å². The highest BCUT2D eigenvalue weighted by Gasteiger charge is 2.46. The van der Waals surface area contributed by atoms with Crippen molar-refractivity contribution < 1.29 is 14.7 Å². The van der Waals surface area contributed by atoms with E-state index in [9.17, 15) is 14.7 Å². The molecule has 5 nitrogen and oxygen atoms in total. The van der Waals surface area contributed by atoms with Crippen molar-refractivity contribution in [2.24, 2.45) is 0 Å². The van der Waals surface area contributed by atoms with Gasteiger partial charge >= 0.3 is 0 Å². The Labute approximate surface area is 208 Å². The van der Waals surface area contributed by atoms with Gasteiger partial charge in [0.1, 0.15) is 5.76 Å². The maximum atomic E-state index is 13.3. The van der Waals surface area contributed by atoms with Crippen LogP contribution in [0.4, 0.5) is 0 Å². The summed E-state index contributed by atoms with van der Waals surface area (Å²) in [5, 5.41) is 12.1. The Morgan fingerprint density at radius 2 is 1.68 bits per heavy atom. The number of aliphatic hydroxyl groups excluding tert-OH is 1. The van der Waals surface area contributed by atoms with Gasteiger partial charge in [-0.2, -0.15) is 0 Å². The van der Waals surface area contributed by atoms with Crippen molar-refractivity contribution in [3.63, 3.8) is 0 Å². The number of rotatable bonds is 7. The van der Waals surface area contributed by atoms with Crippen LogP contribution in [-0.2, 0) is 15.0 Å². The Morgan fingerprint density at radius 1 is 1.06 bits per heavy atom. The molecular weight excluding hydrogens is 448 g/mol. The van der Waals surface area contributed by atoms with Gasteiger partial charge in [0, 0.05) is 23.7 Å². The molecule has 2 aromatic carbocycles. The van der Waals surface area contributed by atoms with Gasteiger partial charge in [-0.25, -0.2) is 0 Å². The fraction of sp³-hybridized carbons (Fsp3) is 0.429. The smallest absolute Gasteiger partial charge is 0.295 e. The Hall–Kier alpha value is -2.63. The summed E-state index contributed by atoms with van der Waals surface area (Å²) in [5.74, 6) is -1.37. The average Bonchev–Trinajstić information content (AvgIpc) is 3.04. The van der Waals surface area contributed by atoms with Gasteiger partial charge in [-0.05, 0) is 60.3 Å². The molecule has 0 bridgehead atoms. The molecule has 1 aliphatic heterocycles. The summed E-state index contributed by atoms with van der Waals surface area (Å²) in [6.07, 6.45) is 0. The molecule has 3 rings (SSSR count). The van der Waals surface area contributed by atoms with Gasteiger partial charge in [-0.1, -0.05) is 70.5 Å². The molecule has 1 N–H and O–H groups in total. The Bertz CT molecular complexity index is 1100. The second-order valence-corrected chi connectivity index (χ2v) is 10.3. The van der Waals surface area contributed by atoms with E-state index in [1.165, 1.54) is 0 Å². The number of hydrogen-bond acceptors (Lipinski definition) is 4. The van der Waals surface area contributed by atoms with Crippen LogP contribution in [0.15, 0.2) is 48.0 Å². The van der Waals surface area contributed by atoms with Crippen LogP contribution in [0.3, 0.4) is 0 Å². The third kappa shape index (κ3) is 5.21. The van der Waals surface area contributed by atoms with E-state index in [0.717, 1.165) is 29.8 Å². The second-order valence-electron chi connectivity index (χ2n) is 9.85. The molecule has 34 heavy (non-hydrogen) atoms. The predicted molar refractivity (Wildman–Crippen MR) is 138 cm³/mol. The number of hydrogen-bond donors (Lipinski definition) is 1. The van der Waals surface area contributed by atoms with Gasteiger partial charge in [0.15, 0.2) is 0 Å². The summed E-state index contributed by atoms with van der Waals surface area (Å²) < 4.78 is 0. The SMILES string of the molecule is CCN(CC)CCN1C(=O)C(=O)/C(=C(/O)c2cc(C(C)(C)C)ccc2C)C1c1ccc(Cl)cc1. The van der Waals surface area contributed by atoms with Gasteiger partial charge in [-0.3, -0.25) is 9.59 Å². The van der Waals surface area contributed by atoms with E-state index in [1.807, 2.05) is 37.3 Å². The lowest BCUT2D eigenvalue weighted by Crippen LogP contribution is -2.38. The van der Waals surface area contributed by atoms with Crippen LogP contribution in [0.2, 0.25) is 5.02 Å². The third-order valence-electron chi connectivity index (χ3n) is 6.64. The van der Waals surface area contributed by atoms with Gasteiger partial charge in [0.2, 0.25) is 0 Å². The zero-order valence-corrected chi connectivity index (χ0v) is 21.7. The summed E-state index contributed by atoms with van der Waals surface area (Å²) >= 11 is 6.11. The van der Waals surface area contributed by atoms with Crippen molar-refractivity contribution in [3.05, 3.63) is 75.3 Å². The monoisotopic (exact) mass is 482 g/mol. The number of aliphatic hydroxyl groups is 1. The predicted octanol–water partition coefficient (Wildman–Crippen LogP) is 5.71. The molecule has 0 radical (unpaired) electrons. The van der Waals surface area contributed by atoms with E-state index in [0.29, 0.717) is 23.7 Å². The molecule has 6 heteroatoms. The first kappa shape index (κ1) is 26.0. The summed E-state index contributed by atoms with van der Waals surface area (Å²) in [7, 11) is 0. The minimum atomic E-state index is -0.675. The molecule has 1 atom stereocenters. The Morgan fingerprint density at radius 3 is 2.24 bits per heavy atom. The van der Waals surface area contributed by atoms with Gasteiger partial charge < -0.3 is 14.9 Å². The van der Waals surface area contributed by atoms with E-state index < -0.39 is 17.7 Å². The quantitative estimate of drug-likeness (QED) is 0.312. The van der Waals surface area contributed by atoms with Gasteiger partial charge in [0.25, 0.3) is 11.7 Å². The second kappa shape index (κ2) is 10.3. The largest absolute Gasteiger partial charge is 0.507 e. The number of benzene rings is 2. The maximum absolute atomic E-state index is 13.3. The summed E-state index contributed by atoms with van der Waals surface area (Å²) in [4.78, 5) is 30.3. The fourth-order valence-electron chi connectivity index (χ4n) is 4.38. The number of carbonyl (C=O) groups is 2. The third-order valence-corrected chi connectivity index (χ3v) is 6.89. The molecule has 1 saturated heterocycles. The lowest BCUT2D eigenvalue weighted by molar-refractivity contribution is -0.140. The first-order chi connectivity index (χ1) is 16.0. The summed E-state index contributed by atoms with van der Waals surface area (Å²) in [6, 6.07) is 12.3. The molecule has 1 amide bonds. The van der Waals surface area contributed by atoms with E-state index in [1.54, 1.807) is 17.0 Å². The van der Waals surface area contributed by atoms with Crippen LogP contribution < -0.4 is 0 Å². The number of carbonyl (C=O) groups excluding carboxylic acids is 2. The summed E-state index contributed by atoms with van der Waals surface area (Å²) in [6.45, 7) is 15.1. The molecule has 0 spiro atoms. The molecule has 0 aliphatic carbocycles. The van der Waals surface area contributed by atoms with Crippen LogP contribution in [-0.4, -0.2) is 52.8 Å². The number of likely N-dealkylation sites (tertiary alicyclic amines) is 1. The molecule has 0 saturated carbocycles. The maximum Gasteiger partial charge on any atom is 0.295 e. The number of Topliss-reactive ketones (excluding diaryl/α,β-unsaturated/α-hetero) is 1. The highest BCUT2D eigenvalue weighted by atomic mass is 35.5. The number of amides is 1. The molecule has 182 valence electrons. The first-order valence-electron chi connectivity index (χ1n) is 11.9. The Balaban J connectivity index is 2.17. The highest BCUT2D eigenvalue weighted by Crippen LogP contribution is 2.40. The Kier molecular flexibility index (Phi) is 7.89. The molecule has 0 aromatic heterocycles. The van der Waals surface area contributed by atoms with E-state index >= 15 is 0 Å². The minimum Gasteiger partial charge on any atom is -0.507 e. The van der Waals surface area contributed by atoms with Gasteiger partial charge in [-0.15, -0.1) is 0 Å². The molecule has 2 aromatic rings. The average molecular weight is 483 g/mol. The van der Waals surface area contributed by atoms with Crippen molar-refractivity contribution in [2.75, 3.05) is 26.2 Å². The first-order valence-corrected chi connectivity index (χ1v) is 12.2. The van der Waals surface area contributed by atoms with Crippen LogP contribution in [0.25, 0.3) is 5.76 Å². The lowest BCUT2D eigenvalue weighted by Gasteiger charge is -2.28. The highest BCUT2D eigenvalue weighted by molar-refractivity contribution is 6.46. The van der Waals surface area contributed by atoms with Crippen LogP contribution >= 0.6 is 11.6 Å². The minimum absolute atomic E-state index is 0.126. The van der Waals surface area contributed by atoms with Crippen molar-refractivity contribution in [1.29, 1.82) is 0 Å². The number of aryl methyl sites for hydroxylation is 1. The van der Waals surface area contributed by atoms with Crippen molar-refractivity contribution in [2.45, 2.75) is 53.0 Å². The number of halogens is 1. The van der Waals surface area contributed by atoms with Crippen LogP contribution in [0.5, 0.6) is 0 Å². The summed E-state index contributed by atoms with van der Waals surface area (Å²) in [5.41, 5.74) is 3.20. The van der Waals surface area contributed by atoms with Gasteiger partial charge in [0.05, 0.1) is 11.6 Å². The molecule has 1 aliphatic rings. The lowest BCUT2D eigenvalue weighted by atomic mass is 9.84. The zero-order chi connectivity index (χ0) is 25.2. The van der Waals surface area contributed by atoms with E-state index in [4.69, 9.17) is 11.6 Å². The number of nitrogens with zero attached hydrogens (tertiary/aromatic N) is 2. The molecule has 1 fully saturated rings. The normalized spacial score (nSPS) is 18.2. The van der Waals surface area contributed by atoms with Crippen LogP contribution in [0.1, 0.15) is 62.9 Å². The molecule has 1 unspecified atom stereocenters. The number of ketones is 1. The zero-order valence-electron chi connectivity index (χ0n) is 21.0. The van der Waals surface area contributed by atoms with Crippen molar-refractivity contribution in [1.82, 2.24) is 9.80 Å². The molecular formula is C28H35ClN2O3. The fourth-order valence-corrected chi connectivity index (χ4v) is 4.51. The molecule has 1 heterocycles.